The lowest BCUT2D eigenvalue weighted by Crippen LogP contribution is -2.62. The second-order valence-corrected chi connectivity index (χ2v) is 11.9. The van der Waals surface area contributed by atoms with Crippen LogP contribution in [0.1, 0.15) is 17.0 Å². The fraction of sp³-hybridized carbons (Fsp3) is 0.156. The molecule has 2 spiro atoms. The molecule has 214 valence electrons. The van der Waals surface area contributed by atoms with Gasteiger partial charge < -0.3 is 5.32 Å². The van der Waals surface area contributed by atoms with Gasteiger partial charge in [0.2, 0.25) is 0 Å². The van der Waals surface area contributed by atoms with Crippen LogP contribution >= 0.6 is 11.8 Å². The lowest BCUT2D eigenvalue weighted by molar-refractivity contribution is -0.384. The zero-order valence-corrected chi connectivity index (χ0v) is 23.8. The second kappa shape index (κ2) is 10.1. The molecular weight excluding hydrogens is 564 g/mol. The van der Waals surface area contributed by atoms with Crippen molar-refractivity contribution in [2.45, 2.75) is 16.2 Å². The van der Waals surface area contributed by atoms with Crippen molar-refractivity contribution >= 4 is 51.5 Å². The molecule has 3 heterocycles. The topological polar surface area (TPSA) is 120 Å². The van der Waals surface area contributed by atoms with Crippen molar-refractivity contribution in [2.24, 2.45) is 4.99 Å². The Morgan fingerprint density at radius 2 is 1.58 bits per heavy atom. The number of amidine groups is 1. The minimum absolute atomic E-state index is 0.0491. The number of benzene rings is 4. The summed E-state index contributed by atoms with van der Waals surface area (Å²) in [6.07, 6.45) is 0. The highest BCUT2D eigenvalue weighted by Crippen LogP contribution is 2.65. The number of hydrogen-bond acceptors (Lipinski definition) is 8. The summed E-state index contributed by atoms with van der Waals surface area (Å²) in [5, 5.41) is 16.3. The van der Waals surface area contributed by atoms with Crippen molar-refractivity contribution in [1.29, 1.82) is 0 Å². The van der Waals surface area contributed by atoms with E-state index in [1.807, 2.05) is 96.9 Å². The van der Waals surface area contributed by atoms with Crippen LogP contribution in [0.2, 0.25) is 0 Å². The van der Waals surface area contributed by atoms with Crippen LogP contribution in [0.3, 0.4) is 0 Å². The summed E-state index contributed by atoms with van der Waals surface area (Å²) in [7, 11) is 1.85. The first kappa shape index (κ1) is 26.9. The largest absolute Gasteiger partial charge is 0.324 e. The van der Waals surface area contributed by atoms with Crippen molar-refractivity contribution in [1.82, 2.24) is 9.91 Å². The van der Waals surface area contributed by atoms with Crippen LogP contribution in [-0.4, -0.2) is 50.2 Å². The Balaban J connectivity index is 1.48. The first-order chi connectivity index (χ1) is 20.9. The number of nitro groups is 1. The number of nitrogens with one attached hydrogen (secondary N) is 2. The van der Waals surface area contributed by atoms with E-state index in [-0.39, 0.29) is 17.5 Å². The lowest BCUT2D eigenvalue weighted by atomic mass is 9.72. The summed E-state index contributed by atoms with van der Waals surface area (Å²) in [6, 6.07) is 32.4. The van der Waals surface area contributed by atoms with Crippen LogP contribution in [0.5, 0.6) is 0 Å². The third kappa shape index (κ3) is 3.89. The van der Waals surface area contributed by atoms with Gasteiger partial charge in [0.1, 0.15) is 4.75 Å². The van der Waals surface area contributed by atoms with Gasteiger partial charge in [-0.05, 0) is 42.9 Å². The van der Waals surface area contributed by atoms with Crippen LogP contribution in [0.15, 0.2) is 114 Å². The number of anilines is 2. The number of nitrogens with zero attached hydrogens (tertiary/aromatic N) is 4. The molecule has 3 aliphatic heterocycles. The van der Waals surface area contributed by atoms with Crippen molar-refractivity contribution in [2.75, 3.05) is 24.3 Å². The molecular formula is C32H26N6O4S. The van der Waals surface area contributed by atoms with E-state index >= 15 is 4.79 Å². The van der Waals surface area contributed by atoms with E-state index in [2.05, 4.69) is 10.7 Å². The molecule has 10 nitrogen and oxygen atoms in total. The highest BCUT2D eigenvalue weighted by atomic mass is 32.2. The zero-order valence-electron chi connectivity index (χ0n) is 23.0. The van der Waals surface area contributed by atoms with E-state index in [9.17, 15) is 14.9 Å². The SMILES string of the molecule is CN1CC(c2ccc([N+](=O)[O-])cc2)C2(SC(=Nc3ccccc3)N(Nc3ccccc3)C2=O)C12C(=O)Nc1ccccc12. The Kier molecular flexibility index (Phi) is 6.29. The number of fused-ring (bicyclic) bond motifs is 3. The fourth-order valence-corrected chi connectivity index (χ4v) is 8.29. The van der Waals surface area contributed by atoms with E-state index in [1.54, 1.807) is 12.1 Å². The van der Waals surface area contributed by atoms with Crippen LogP contribution in [0, 0.1) is 10.1 Å². The molecule has 0 aliphatic carbocycles. The van der Waals surface area contributed by atoms with E-state index in [1.165, 1.54) is 28.9 Å². The molecule has 0 saturated carbocycles. The van der Waals surface area contributed by atoms with Gasteiger partial charge in [-0.1, -0.05) is 78.5 Å². The van der Waals surface area contributed by atoms with E-state index < -0.39 is 21.1 Å². The summed E-state index contributed by atoms with van der Waals surface area (Å²) in [6.45, 7) is 0.343. The van der Waals surface area contributed by atoms with Gasteiger partial charge in [-0.2, -0.15) is 5.01 Å². The third-order valence-corrected chi connectivity index (χ3v) is 9.95. The number of nitro benzene ring substituents is 1. The van der Waals surface area contributed by atoms with Gasteiger partial charge in [0.05, 0.1) is 16.3 Å². The number of amides is 2. The van der Waals surface area contributed by atoms with Gasteiger partial charge in [0.15, 0.2) is 10.7 Å². The number of para-hydroxylation sites is 3. The first-order valence-electron chi connectivity index (χ1n) is 13.7. The molecule has 43 heavy (non-hydrogen) atoms. The van der Waals surface area contributed by atoms with E-state index in [0.29, 0.717) is 39.9 Å². The van der Waals surface area contributed by atoms with Gasteiger partial charge in [-0.3, -0.25) is 30.0 Å². The minimum Gasteiger partial charge on any atom is -0.324 e. The summed E-state index contributed by atoms with van der Waals surface area (Å²) in [5.74, 6) is -1.17. The monoisotopic (exact) mass is 590 g/mol. The minimum atomic E-state index is -1.43. The molecule has 2 fully saturated rings. The summed E-state index contributed by atoms with van der Waals surface area (Å²) < 4.78 is -1.43. The van der Waals surface area contributed by atoms with Crippen molar-refractivity contribution in [3.8, 4) is 0 Å². The summed E-state index contributed by atoms with van der Waals surface area (Å²) >= 11 is 1.26. The van der Waals surface area contributed by atoms with Crippen molar-refractivity contribution in [3.63, 3.8) is 0 Å². The van der Waals surface area contributed by atoms with Gasteiger partial charge in [0.25, 0.3) is 17.5 Å². The smallest absolute Gasteiger partial charge is 0.269 e. The molecule has 0 aromatic heterocycles. The molecule has 4 aromatic rings. The molecule has 7 rings (SSSR count). The molecule has 0 bridgehead atoms. The Morgan fingerprint density at radius 3 is 2.28 bits per heavy atom. The molecule has 2 amide bonds. The van der Waals surface area contributed by atoms with E-state index in [0.717, 1.165) is 0 Å². The van der Waals surface area contributed by atoms with Crippen molar-refractivity contribution in [3.05, 3.63) is 130 Å². The summed E-state index contributed by atoms with van der Waals surface area (Å²) in [4.78, 5) is 47.4. The molecule has 3 aliphatic rings. The number of thioether (sulfide) groups is 1. The number of likely N-dealkylation sites (N-methyl/N-ethyl adjacent to an activating group) is 1. The Labute approximate surface area is 251 Å². The Bertz CT molecular complexity index is 1780. The number of carbonyl (C=O) groups excluding carboxylic acids is 2. The number of carbonyl (C=O) groups is 2. The molecule has 0 radical (unpaired) electrons. The highest BCUT2D eigenvalue weighted by Gasteiger charge is 2.78. The molecule has 4 aromatic carbocycles. The number of hydrogen-bond donors (Lipinski definition) is 2. The highest BCUT2D eigenvalue weighted by molar-refractivity contribution is 8.16. The van der Waals surface area contributed by atoms with Crippen LogP contribution in [-0.2, 0) is 15.1 Å². The molecule has 3 atom stereocenters. The van der Waals surface area contributed by atoms with Crippen LogP contribution in [0.25, 0.3) is 0 Å². The Hall–Kier alpha value is -5.00. The molecule has 11 heteroatoms. The molecule has 2 saturated heterocycles. The number of hydrazine groups is 1. The average molecular weight is 591 g/mol. The average Bonchev–Trinajstić information content (AvgIpc) is 3.58. The lowest BCUT2D eigenvalue weighted by Gasteiger charge is -2.41. The Morgan fingerprint density at radius 1 is 0.930 bits per heavy atom. The fourth-order valence-electron chi connectivity index (χ4n) is 6.60. The first-order valence-corrected chi connectivity index (χ1v) is 14.5. The zero-order chi connectivity index (χ0) is 29.8. The quantitative estimate of drug-likeness (QED) is 0.233. The van der Waals surface area contributed by atoms with Gasteiger partial charge >= 0.3 is 0 Å². The number of non-ortho nitro benzene ring substituents is 1. The van der Waals surface area contributed by atoms with E-state index in [4.69, 9.17) is 4.99 Å². The summed E-state index contributed by atoms with van der Waals surface area (Å²) in [5.41, 5.74) is 5.20. The maximum atomic E-state index is 15.2. The number of likely N-dealkylation sites (tertiary alicyclic amines) is 1. The molecule has 2 N–H and O–H groups in total. The maximum absolute atomic E-state index is 15.2. The predicted octanol–water partition coefficient (Wildman–Crippen LogP) is 5.50. The number of rotatable bonds is 5. The van der Waals surface area contributed by atoms with Gasteiger partial charge in [-0.25, -0.2) is 4.99 Å². The van der Waals surface area contributed by atoms with Gasteiger partial charge in [0, 0.05) is 35.8 Å². The second-order valence-electron chi connectivity index (χ2n) is 10.7. The normalized spacial score (nSPS) is 25.5. The maximum Gasteiger partial charge on any atom is 0.269 e. The standard InChI is InChI=1S/C32H26N6O4S/c1-36-20-26(21-16-18-24(19-17-21)38(41)42)32(31(36)25-14-8-9-15-27(25)34-28(31)39)29(40)37(35-23-12-6-3-7-13-23)30(43-32)33-22-10-4-2-5-11-22/h2-19,26,35H,20H2,1H3,(H,34,39). The third-order valence-electron chi connectivity index (χ3n) is 8.42. The number of aliphatic imine (C=N–C) groups is 1. The van der Waals surface area contributed by atoms with Crippen LogP contribution in [0.4, 0.5) is 22.7 Å². The van der Waals surface area contributed by atoms with Gasteiger partial charge in [-0.15, -0.1) is 0 Å². The predicted molar refractivity (Wildman–Crippen MR) is 166 cm³/mol. The van der Waals surface area contributed by atoms with Crippen molar-refractivity contribution < 1.29 is 14.5 Å². The van der Waals surface area contributed by atoms with Crippen LogP contribution < -0.4 is 10.7 Å². The molecule has 3 unspecified atom stereocenters.